The lowest BCUT2D eigenvalue weighted by Crippen LogP contribution is -2.34. The Labute approximate surface area is 187 Å². The molecule has 0 N–H and O–H groups in total. The zero-order valence-corrected chi connectivity index (χ0v) is 18.7. The van der Waals surface area contributed by atoms with Crippen molar-refractivity contribution in [3.63, 3.8) is 0 Å². The van der Waals surface area contributed by atoms with Crippen LogP contribution in [0.1, 0.15) is 61.1 Å². The third kappa shape index (κ3) is 4.28. The highest BCUT2D eigenvalue weighted by Gasteiger charge is 2.57. The van der Waals surface area contributed by atoms with Crippen molar-refractivity contribution in [3.05, 3.63) is 41.1 Å². The molecule has 4 rings (SSSR count). The van der Waals surface area contributed by atoms with Gasteiger partial charge < -0.3 is 0 Å². The van der Waals surface area contributed by atoms with E-state index in [2.05, 4.69) is 5.10 Å². The van der Waals surface area contributed by atoms with Gasteiger partial charge >= 0.3 is 11.7 Å². The van der Waals surface area contributed by atoms with Crippen LogP contribution < -0.4 is 0 Å². The predicted molar refractivity (Wildman–Crippen MR) is 110 cm³/mol. The Balaban J connectivity index is 1.79. The maximum absolute atomic E-state index is 13.6. The summed E-state index contributed by atoms with van der Waals surface area (Å²) >= 11 is 0. The van der Waals surface area contributed by atoms with Crippen molar-refractivity contribution in [1.29, 1.82) is 0 Å². The van der Waals surface area contributed by atoms with Gasteiger partial charge in [0.05, 0.1) is 10.9 Å². The maximum atomic E-state index is 13.6. The summed E-state index contributed by atoms with van der Waals surface area (Å²) in [7, 11) is -5.46. The van der Waals surface area contributed by atoms with Crippen LogP contribution in [0.3, 0.4) is 0 Å². The van der Waals surface area contributed by atoms with Crippen LogP contribution in [0, 0.1) is 11.8 Å². The third-order valence-electron chi connectivity index (χ3n) is 6.87. The molecular formula is C22H24F6N2O2S. The minimum Gasteiger partial charge on any atom is -0.265 e. The van der Waals surface area contributed by atoms with Crippen molar-refractivity contribution >= 4 is 9.84 Å². The van der Waals surface area contributed by atoms with Gasteiger partial charge in [-0.25, -0.2) is 8.42 Å². The van der Waals surface area contributed by atoms with Crippen molar-refractivity contribution in [2.24, 2.45) is 11.8 Å². The Morgan fingerprint density at radius 1 is 1.03 bits per heavy atom. The van der Waals surface area contributed by atoms with Crippen molar-refractivity contribution in [1.82, 2.24) is 9.78 Å². The summed E-state index contributed by atoms with van der Waals surface area (Å²) in [6.07, 6.45) is -0.474. The lowest BCUT2D eigenvalue weighted by Gasteiger charge is -2.32. The molecule has 11 heteroatoms. The molecule has 1 saturated carbocycles. The number of fused-ring (bicyclic) bond motifs is 1. The van der Waals surface area contributed by atoms with Gasteiger partial charge in [0.1, 0.15) is 0 Å². The van der Waals surface area contributed by atoms with Gasteiger partial charge in [0, 0.05) is 12.1 Å². The van der Waals surface area contributed by atoms with E-state index >= 15 is 0 Å². The highest BCUT2D eigenvalue weighted by molar-refractivity contribution is 7.92. The molecule has 0 aliphatic heterocycles. The fraction of sp³-hybridized carbons (Fsp3) is 0.591. The first kappa shape index (κ1) is 24.1. The molecular weight excluding hydrogens is 470 g/mol. The van der Waals surface area contributed by atoms with E-state index in [1.54, 1.807) is 6.92 Å². The van der Waals surface area contributed by atoms with Crippen molar-refractivity contribution in [3.8, 4) is 11.3 Å². The second-order valence-corrected chi connectivity index (χ2v) is 10.9. The number of halogens is 6. The predicted octanol–water partition coefficient (Wildman–Crippen LogP) is 6.32. The van der Waals surface area contributed by atoms with Crippen LogP contribution in [0.5, 0.6) is 0 Å². The fourth-order valence-corrected chi connectivity index (χ4v) is 6.99. The fourth-order valence-electron chi connectivity index (χ4n) is 5.36. The number of nitrogens with zero attached hydrogens (tertiary/aromatic N) is 2. The number of hydrogen-bond donors (Lipinski definition) is 0. The van der Waals surface area contributed by atoms with E-state index in [0.717, 1.165) is 25.3 Å². The van der Waals surface area contributed by atoms with E-state index < -0.39 is 38.4 Å². The number of benzene rings is 1. The van der Waals surface area contributed by atoms with Gasteiger partial charge in [-0.05, 0) is 48.4 Å². The zero-order valence-electron chi connectivity index (χ0n) is 17.9. The summed E-state index contributed by atoms with van der Waals surface area (Å²) in [6, 6.07) is 5.16. The molecule has 2 aliphatic rings. The average Bonchev–Trinajstić information content (AvgIpc) is 3.35. The van der Waals surface area contributed by atoms with E-state index in [9.17, 15) is 34.8 Å². The molecule has 1 fully saturated rings. The summed E-state index contributed by atoms with van der Waals surface area (Å²) in [5.74, 6) is -0.848. The number of sulfone groups is 1. The summed E-state index contributed by atoms with van der Waals surface area (Å²) in [4.78, 5) is 0. The lowest BCUT2D eigenvalue weighted by molar-refractivity contribution is -0.141. The lowest BCUT2D eigenvalue weighted by atomic mass is 9.78. The smallest absolute Gasteiger partial charge is 0.265 e. The van der Waals surface area contributed by atoms with Gasteiger partial charge in [-0.15, -0.1) is 0 Å². The highest BCUT2D eigenvalue weighted by atomic mass is 32.2. The molecule has 33 heavy (non-hydrogen) atoms. The average molecular weight is 495 g/mol. The van der Waals surface area contributed by atoms with Gasteiger partial charge in [0.2, 0.25) is 0 Å². The Morgan fingerprint density at radius 2 is 1.70 bits per heavy atom. The van der Waals surface area contributed by atoms with Gasteiger partial charge in [-0.3, -0.25) is 4.68 Å². The summed E-state index contributed by atoms with van der Waals surface area (Å²) in [5, 5.41) is 1.90. The summed E-state index contributed by atoms with van der Waals surface area (Å²) < 4.78 is 107. The molecule has 0 saturated heterocycles. The van der Waals surface area contributed by atoms with Crippen LogP contribution in [0.25, 0.3) is 11.3 Å². The van der Waals surface area contributed by atoms with E-state index in [4.69, 9.17) is 0 Å². The van der Waals surface area contributed by atoms with Crippen LogP contribution in [-0.4, -0.2) is 23.7 Å². The topological polar surface area (TPSA) is 52.0 Å². The minimum atomic E-state index is -5.46. The Hall–Kier alpha value is -2.04. The molecule has 0 spiro atoms. The summed E-state index contributed by atoms with van der Waals surface area (Å²) in [6.45, 7) is 1.80. The minimum absolute atomic E-state index is 0.102. The number of aromatic nitrogens is 2. The molecule has 4 nitrogen and oxygen atoms in total. The molecule has 182 valence electrons. The van der Waals surface area contributed by atoms with Crippen molar-refractivity contribution < 1.29 is 34.8 Å². The first-order valence-corrected chi connectivity index (χ1v) is 12.5. The first-order valence-electron chi connectivity index (χ1n) is 10.9. The Morgan fingerprint density at radius 3 is 2.27 bits per heavy atom. The van der Waals surface area contributed by atoms with Crippen LogP contribution in [0.15, 0.2) is 24.3 Å². The molecule has 1 aromatic carbocycles. The van der Waals surface area contributed by atoms with Gasteiger partial charge in [-0.1, -0.05) is 44.2 Å². The monoisotopic (exact) mass is 494 g/mol. The molecule has 1 aromatic heterocycles. The van der Waals surface area contributed by atoms with E-state index in [0.29, 0.717) is 24.0 Å². The van der Waals surface area contributed by atoms with E-state index in [1.807, 2.05) is 0 Å². The SMILES string of the molecule is CCn1nc(C(F)(F)F)cc1-c1ccc2c(c1)CC(C1CCCCC1)C2S(=O)(=O)C(F)(F)F. The molecule has 1 heterocycles. The molecule has 2 atom stereocenters. The quantitative estimate of drug-likeness (QED) is 0.468. The van der Waals surface area contributed by atoms with Crippen LogP contribution in [-0.2, 0) is 29.0 Å². The first-order chi connectivity index (χ1) is 15.3. The number of rotatable bonds is 4. The van der Waals surface area contributed by atoms with Crippen LogP contribution >= 0.6 is 0 Å². The van der Waals surface area contributed by atoms with E-state index in [1.165, 1.54) is 22.9 Å². The molecule has 2 aromatic rings. The molecule has 0 radical (unpaired) electrons. The Bertz CT molecular complexity index is 1130. The van der Waals surface area contributed by atoms with Crippen LogP contribution in [0.4, 0.5) is 26.3 Å². The summed E-state index contributed by atoms with van der Waals surface area (Å²) in [5.41, 5.74) is -5.34. The molecule has 2 aliphatic carbocycles. The molecule has 0 bridgehead atoms. The van der Waals surface area contributed by atoms with Crippen molar-refractivity contribution in [2.45, 2.75) is 68.9 Å². The van der Waals surface area contributed by atoms with Crippen LogP contribution in [0.2, 0.25) is 0 Å². The van der Waals surface area contributed by atoms with Gasteiger partial charge in [-0.2, -0.15) is 31.4 Å². The number of aryl methyl sites for hydroxylation is 1. The normalized spacial score (nSPS) is 22.5. The standard InChI is InChI=1S/C22H24F6N2O2S/c1-2-30-18(12-19(29-30)21(23,24)25)14-8-9-16-15(10-14)11-17(13-6-4-3-5-7-13)20(16)33(31,32)22(26,27)28/h8-10,12-13,17,20H,2-7,11H2,1H3. The van der Waals surface area contributed by atoms with Gasteiger partial charge in [0.15, 0.2) is 5.69 Å². The number of hydrogen-bond acceptors (Lipinski definition) is 3. The molecule has 2 unspecified atom stereocenters. The second kappa shape index (κ2) is 8.32. The maximum Gasteiger partial charge on any atom is 0.498 e. The van der Waals surface area contributed by atoms with Gasteiger partial charge in [0.25, 0.3) is 9.84 Å². The van der Waals surface area contributed by atoms with Crippen molar-refractivity contribution in [2.75, 3.05) is 0 Å². The Kier molecular flexibility index (Phi) is 6.07. The molecule has 0 amide bonds. The van der Waals surface area contributed by atoms with E-state index in [-0.39, 0.29) is 30.1 Å². The largest absolute Gasteiger partial charge is 0.498 e. The number of alkyl halides is 6. The zero-order chi connectivity index (χ0) is 24.2. The third-order valence-corrected chi connectivity index (χ3v) is 8.79. The second-order valence-electron chi connectivity index (χ2n) is 8.82. The highest BCUT2D eigenvalue weighted by Crippen LogP contribution is 2.52.